The van der Waals surface area contributed by atoms with Gasteiger partial charge in [-0.25, -0.2) is 8.42 Å². The molecule has 1 unspecified atom stereocenters. The van der Waals surface area contributed by atoms with Gasteiger partial charge in [0.25, 0.3) is 5.91 Å². The first-order valence-corrected chi connectivity index (χ1v) is 10.4. The van der Waals surface area contributed by atoms with Crippen molar-refractivity contribution in [1.29, 1.82) is 0 Å². The Bertz CT molecular complexity index is 734. The number of aryl methyl sites for hydroxylation is 1. The van der Waals surface area contributed by atoms with Crippen molar-refractivity contribution in [1.82, 2.24) is 9.62 Å². The number of morpholine rings is 1. The second-order valence-electron chi connectivity index (χ2n) is 7.03. The quantitative estimate of drug-likeness (QED) is 0.698. The molecular formula is C18H30ClN3O4S. The highest BCUT2D eigenvalue weighted by Crippen LogP contribution is 2.22. The van der Waals surface area contributed by atoms with E-state index in [1.165, 1.54) is 10.4 Å². The minimum absolute atomic E-state index is 0. The summed E-state index contributed by atoms with van der Waals surface area (Å²) in [6.07, 6.45) is 0.771. The monoisotopic (exact) mass is 419 g/mol. The second kappa shape index (κ2) is 10.4. The average Bonchev–Trinajstić information content (AvgIpc) is 2.61. The van der Waals surface area contributed by atoms with Gasteiger partial charge in [0.15, 0.2) is 0 Å². The first kappa shape index (κ1) is 23.8. The molecule has 1 aliphatic heterocycles. The molecule has 3 N–H and O–H groups in total. The number of nitrogens with two attached hydrogens (primary N) is 1. The van der Waals surface area contributed by atoms with Crippen LogP contribution in [0.15, 0.2) is 23.1 Å². The van der Waals surface area contributed by atoms with Gasteiger partial charge in [-0.15, -0.1) is 12.4 Å². The van der Waals surface area contributed by atoms with E-state index in [-0.39, 0.29) is 29.3 Å². The molecule has 0 aliphatic carbocycles. The van der Waals surface area contributed by atoms with Gasteiger partial charge in [0, 0.05) is 31.2 Å². The molecule has 1 aromatic rings. The molecule has 1 aliphatic rings. The Morgan fingerprint density at radius 1 is 1.30 bits per heavy atom. The number of carbonyl (C=O) groups excluding carboxylic acids is 1. The van der Waals surface area contributed by atoms with Gasteiger partial charge in [-0.05, 0) is 37.0 Å². The smallest absolute Gasteiger partial charge is 0.251 e. The predicted octanol–water partition coefficient (Wildman–Crippen LogP) is 1.54. The normalized spacial score (nSPS) is 16.6. The molecule has 27 heavy (non-hydrogen) atoms. The minimum atomic E-state index is -3.65. The van der Waals surface area contributed by atoms with Gasteiger partial charge in [-0.3, -0.25) is 4.79 Å². The lowest BCUT2D eigenvalue weighted by Crippen LogP contribution is -2.42. The van der Waals surface area contributed by atoms with E-state index in [1.807, 2.05) is 0 Å². The predicted molar refractivity (Wildman–Crippen MR) is 108 cm³/mol. The average molecular weight is 420 g/mol. The second-order valence-corrected chi connectivity index (χ2v) is 8.94. The van der Waals surface area contributed by atoms with Crippen molar-refractivity contribution in [3.8, 4) is 0 Å². The van der Waals surface area contributed by atoms with Crippen molar-refractivity contribution in [3.05, 3.63) is 29.3 Å². The summed E-state index contributed by atoms with van der Waals surface area (Å²) in [5, 5.41) is 2.90. The number of benzene rings is 1. The fourth-order valence-electron chi connectivity index (χ4n) is 3.00. The first-order valence-electron chi connectivity index (χ1n) is 8.95. The molecule has 1 fully saturated rings. The van der Waals surface area contributed by atoms with E-state index in [9.17, 15) is 13.2 Å². The summed E-state index contributed by atoms with van der Waals surface area (Å²) < 4.78 is 32.5. The first-order chi connectivity index (χ1) is 12.3. The van der Waals surface area contributed by atoms with Gasteiger partial charge in [0.2, 0.25) is 10.0 Å². The zero-order chi connectivity index (χ0) is 19.3. The molecule has 0 bridgehead atoms. The Morgan fingerprint density at radius 3 is 2.48 bits per heavy atom. The molecule has 1 saturated heterocycles. The summed E-state index contributed by atoms with van der Waals surface area (Å²) in [5.74, 6) is 0.0960. The SMILES string of the molecule is Cc1ccc(C(=O)NC(CN)CC(C)C)cc1S(=O)(=O)N1CCOCC1.Cl. The highest BCUT2D eigenvalue weighted by Gasteiger charge is 2.28. The highest BCUT2D eigenvalue weighted by molar-refractivity contribution is 7.89. The van der Waals surface area contributed by atoms with Crippen molar-refractivity contribution in [2.24, 2.45) is 11.7 Å². The van der Waals surface area contributed by atoms with Gasteiger partial charge in [0.05, 0.1) is 18.1 Å². The Morgan fingerprint density at radius 2 is 1.93 bits per heavy atom. The molecule has 1 atom stereocenters. The molecule has 1 aromatic carbocycles. The molecule has 7 nitrogen and oxygen atoms in total. The summed E-state index contributed by atoms with van der Waals surface area (Å²) in [4.78, 5) is 12.7. The fraction of sp³-hybridized carbons (Fsp3) is 0.611. The maximum absolute atomic E-state index is 12.9. The lowest BCUT2D eigenvalue weighted by atomic mass is 10.0. The molecule has 2 rings (SSSR count). The molecule has 1 heterocycles. The Labute approximate surface area is 168 Å². The maximum Gasteiger partial charge on any atom is 0.251 e. The lowest BCUT2D eigenvalue weighted by Gasteiger charge is -2.27. The van der Waals surface area contributed by atoms with Crippen LogP contribution >= 0.6 is 12.4 Å². The van der Waals surface area contributed by atoms with Crippen molar-refractivity contribution < 1.29 is 17.9 Å². The number of hydrogen-bond donors (Lipinski definition) is 2. The van der Waals surface area contributed by atoms with E-state index in [2.05, 4.69) is 19.2 Å². The van der Waals surface area contributed by atoms with Crippen LogP contribution in [-0.4, -0.2) is 57.5 Å². The van der Waals surface area contributed by atoms with Gasteiger partial charge >= 0.3 is 0 Å². The summed E-state index contributed by atoms with van der Waals surface area (Å²) in [6.45, 7) is 7.61. The van der Waals surface area contributed by atoms with Crippen LogP contribution in [0.3, 0.4) is 0 Å². The lowest BCUT2D eigenvalue weighted by molar-refractivity contribution is 0.0730. The third kappa shape index (κ3) is 6.15. The standard InChI is InChI=1S/C18H29N3O4S.ClH/c1-13(2)10-16(12-19)20-18(22)15-5-4-14(3)17(11-15)26(23,24)21-6-8-25-9-7-21;/h4-5,11,13,16H,6-10,12,19H2,1-3H3,(H,20,22);1H. The molecule has 0 aromatic heterocycles. The van der Waals surface area contributed by atoms with Gasteiger partial charge < -0.3 is 15.8 Å². The van der Waals surface area contributed by atoms with Crippen molar-refractivity contribution in [3.63, 3.8) is 0 Å². The third-order valence-corrected chi connectivity index (χ3v) is 6.45. The molecule has 154 valence electrons. The van der Waals surface area contributed by atoms with E-state index in [1.54, 1.807) is 19.1 Å². The van der Waals surface area contributed by atoms with E-state index in [0.29, 0.717) is 49.9 Å². The number of carbonyl (C=O) groups is 1. The summed E-state index contributed by atoms with van der Waals surface area (Å²) in [7, 11) is -3.65. The van der Waals surface area contributed by atoms with Gasteiger partial charge in [0.1, 0.15) is 0 Å². The Hall–Kier alpha value is -1.19. The van der Waals surface area contributed by atoms with Gasteiger partial charge in [-0.2, -0.15) is 4.31 Å². The van der Waals surface area contributed by atoms with Crippen LogP contribution in [0.2, 0.25) is 0 Å². The number of amides is 1. The van der Waals surface area contributed by atoms with E-state index >= 15 is 0 Å². The van der Waals surface area contributed by atoms with Crippen LogP contribution < -0.4 is 11.1 Å². The third-order valence-electron chi connectivity index (χ3n) is 4.41. The molecule has 0 saturated carbocycles. The number of nitrogens with one attached hydrogen (secondary N) is 1. The van der Waals surface area contributed by atoms with Crippen molar-refractivity contribution >= 4 is 28.3 Å². The summed E-state index contributed by atoms with van der Waals surface area (Å²) in [5.41, 5.74) is 6.68. The molecule has 0 spiro atoms. The number of halogens is 1. The van der Waals surface area contributed by atoms with Crippen LogP contribution in [0.4, 0.5) is 0 Å². The van der Waals surface area contributed by atoms with E-state index in [0.717, 1.165) is 6.42 Å². The zero-order valence-corrected chi connectivity index (χ0v) is 17.7. The van der Waals surface area contributed by atoms with Crippen LogP contribution in [0.5, 0.6) is 0 Å². The Kier molecular flexibility index (Phi) is 9.17. The molecular weight excluding hydrogens is 390 g/mol. The zero-order valence-electron chi connectivity index (χ0n) is 16.1. The summed E-state index contributed by atoms with van der Waals surface area (Å²) in [6, 6.07) is 4.63. The largest absolute Gasteiger partial charge is 0.379 e. The van der Waals surface area contributed by atoms with Gasteiger partial charge in [-0.1, -0.05) is 19.9 Å². The maximum atomic E-state index is 12.9. The molecule has 9 heteroatoms. The Balaban J connectivity index is 0.00000364. The fourth-order valence-corrected chi connectivity index (χ4v) is 4.66. The summed E-state index contributed by atoms with van der Waals surface area (Å²) >= 11 is 0. The van der Waals surface area contributed by atoms with Crippen LogP contribution in [-0.2, 0) is 14.8 Å². The van der Waals surface area contributed by atoms with Crippen molar-refractivity contribution in [2.75, 3.05) is 32.8 Å². The number of hydrogen-bond acceptors (Lipinski definition) is 5. The highest BCUT2D eigenvalue weighted by atomic mass is 35.5. The molecule has 0 radical (unpaired) electrons. The van der Waals surface area contributed by atoms with E-state index < -0.39 is 10.0 Å². The number of nitrogens with zero attached hydrogens (tertiary/aromatic N) is 1. The molecule has 1 amide bonds. The van der Waals surface area contributed by atoms with Crippen LogP contribution in [0.1, 0.15) is 36.2 Å². The van der Waals surface area contributed by atoms with Crippen LogP contribution in [0, 0.1) is 12.8 Å². The van der Waals surface area contributed by atoms with E-state index in [4.69, 9.17) is 10.5 Å². The van der Waals surface area contributed by atoms with Crippen LogP contribution in [0.25, 0.3) is 0 Å². The number of sulfonamides is 1. The minimum Gasteiger partial charge on any atom is -0.379 e. The number of ether oxygens (including phenoxy) is 1. The topological polar surface area (TPSA) is 102 Å². The number of rotatable bonds is 7. The van der Waals surface area contributed by atoms with Crippen molar-refractivity contribution in [2.45, 2.75) is 38.1 Å².